The van der Waals surface area contributed by atoms with Gasteiger partial charge in [-0.25, -0.2) is 23.1 Å². The molecule has 52 heavy (non-hydrogen) atoms. The molecule has 0 saturated carbocycles. The van der Waals surface area contributed by atoms with Gasteiger partial charge in [0.1, 0.15) is 23.8 Å². The molecule has 12 heteroatoms. The number of carbonyl (C=O) groups excluding carboxylic acids is 2. The predicted octanol–water partition coefficient (Wildman–Crippen LogP) is 5.83. The smallest absolute Gasteiger partial charge is 0.265 e. The number of rotatable bonds is 15. The monoisotopic (exact) mass is 712 g/mol. The van der Waals surface area contributed by atoms with Crippen LogP contribution in [0.5, 0.6) is 5.75 Å². The van der Waals surface area contributed by atoms with Gasteiger partial charge in [-0.2, -0.15) is 0 Å². The van der Waals surface area contributed by atoms with Gasteiger partial charge in [-0.3, -0.25) is 14.6 Å². The zero-order chi connectivity index (χ0) is 36.2. The number of aromatic nitrogens is 3. The molecule has 6 aromatic rings. The van der Waals surface area contributed by atoms with Crippen LogP contribution in [0.2, 0.25) is 0 Å². The minimum absolute atomic E-state index is 0.0418. The van der Waals surface area contributed by atoms with Crippen LogP contribution in [0.1, 0.15) is 22.4 Å². The third-order valence-corrected chi connectivity index (χ3v) is 9.29. The molecule has 0 saturated heterocycles. The zero-order valence-corrected chi connectivity index (χ0v) is 28.9. The SMILES string of the molecule is O=C(C=Cc1cn(CC(=O)NCCc2ccccc2)c2ccc(OCc3ccccc3)cc12)NS(=O)(=O)c1ccc(N=CCc2ccccn2)nc1. The lowest BCUT2D eigenvalue weighted by Gasteiger charge is -2.09. The molecule has 0 radical (unpaired) electrons. The number of sulfonamides is 1. The molecular weight excluding hydrogens is 677 g/mol. The molecular formula is C40H36N6O5S. The van der Waals surface area contributed by atoms with Crippen LogP contribution in [0.25, 0.3) is 17.0 Å². The maximum Gasteiger partial charge on any atom is 0.265 e. The van der Waals surface area contributed by atoms with E-state index in [1.165, 1.54) is 18.2 Å². The zero-order valence-electron chi connectivity index (χ0n) is 28.1. The second-order valence-electron chi connectivity index (χ2n) is 11.7. The summed E-state index contributed by atoms with van der Waals surface area (Å²) in [6.07, 6.45) is 10.1. The van der Waals surface area contributed by atoms with Gasteiger partial charge in [-0.1, -0.05) is 66.7 Å². The summed E-state index contributed by atoms with van der Waals surface area (Å²) in [7, 11) is -4.22. The highest BCUT2D eigenvalue weighted by molar-refractivity contribution is 7.90. The van der Waals surface area contributed by atoms with Gasteiger partial charge >= 0.3 is 0 Å². The van der Waals surface area contributed by atoms with Crippen molar-refractivity contribution >= 4 is 50.8 Å². The van der Waals surface area contributed by atoms with Crippen molar-refractivity contribution in [3.8, 4) is 5.75 Å². The minimum Gasteiger partial charge on any atom is -0.489 e. The van der Waals surface area contributed by atoms with Gasteiger partial charge in [-0.05, 0) is 66.1 Å². The molecule has 0 unspecified atom stereocenters. The minimum atomic E-state index is -4.22. The molecule has 0 spiro atoms. The highest BCUT2D eigenvalue weighted by atomic mass is 32.2. The Morgan fingerprint density at radius 1 is 0.865 bits per heavy atom. The fraction of sp³-hybridized carbons (Fsp3) is 0.125. The van der Waals surface area contributed by atoms with E-state index >= 15 is 0 Å². The third kappa shape index (κ3) is 9.86. The van der Waals surface area contributed by atoms with Gasteiger partial charge in [0.2, 0.25) is 5.91 Å². The number of amides is 2. The van der Waals surface area contributed by atoms with E-state index in [4.69, 9.17) is 4.74 Å². The number of fused-ring (bicyclic) bond motifs is 1. The van der Waals surface area contributed by atoms with Gasteiger partial charge in [0.15, 0.2) is 5.82 Å². The molecule has 0 fully saturated rings. The first-order valence-electron chi connectivity index (χ1n) is 16.6. The number of nitrogens with zero attached hydrogens (tertiary/aromatic N) is 4. The van der Waals surface area contributed by atoms with Crippen LogP contribution < -0.4 is 14.8 Å². The van der Waals surface area contributed by atoms with E-state index in [1.807, 2.05) is 97.1 Å². The standard InChI is InChI=1S/C40H36N6O5S/c47-39(45-52(49,50)35-16-18-38(44-26-35)42-24-21-33-13-7-8-22-41-33)19-14-32-27-46(28-40(48)43-23-20-30-9-3-1-4-10-30)37-17-15-34(25-36(32)37)51-29-31-11-5-2-6-12-31/h1-19,22,24-27H,20-21,23,28-29H2,(H,43,48)(H,45,47). The molecule has 2 amide bonds. The fourth-order valence-electron chi connectivity index (χ4n) is 5.35. The Labute approximate surface area is 301 Å². The average molecular weight is 713 g/mol. The summed E-state index contributed by atoms with van der Waals surface area (Å²) in [6.45, 7) is 0.883. The maximum atomic E-state index is 13.0. The van der Waals surface area contributed by atoms with Crippen LogP contribution in [0.4, 0.5) is 5.82 Å². The van der Waals surface area contributed by atoms with Gasteiger partial charge in [0.25, 0.3) is 15.9 Å². The summed E-state index contributed by atoms with van der Waals surface area (Å²) in [5, 5.41) is 3.69. The number of ether oxygens (including phenoxy) is 1. The van der Waals surface area contributed by atoms with Crippen LogP contribution in [0.3, 0.4) is 0 Å². The van der Waals surface area contributed by atoms with E-state index in [-0.39, 0.29) is 17.3 Å². The summed E-state index contributed by atoms with van der Waals surface area (Å²) < 4.78 is 35.9. The topological polar surface area (TPSA) is 145 Å². The van der Waals surface area contributed by atoms with Gasteiger partial charge in [0, 0.05) is 66.0 Å². The number of pyridine rings is 2. The van der Waals surface area contributed by atoms with Crippen molar-refractivity contribution in [1.82, 2.24) is 24.6 Å². The van der Waals surface area contributed by atoms with Crippen LogP contribution >= 0.6 is 0 Å². The Morgan fingerprint density at radius 2 is 1.63 bits per heavy atom. The number of hydrogen-bond acceptors (Lipinski definition) is 8. The second kappa shape index (κ2) is 17.0. The molecule has 0 aliphatic heterocycles. The Morgan fingerprint density at radius 3 is 2.37 bits per heavy atom. The fourth-order valence-corrected chi connectivity index (χ4v) is 6.24. The number of carbonyl (C=O) groups is 2. The van der Waals surface area contributed by atoms with Gasteiger partial charge in [-0.15, -0.1) is 0 Å². The Balaban J connectivity index is 1.14. The van der Waals surface area contributed by atoms with Crippen molar-refractivity contribution in [1.29, 1.82) is 0 Å². The molecule has 3 heterocycles. The first-order valence-corrected chi connectivity index (χ1v) is 18.0. The number of benzene rings is 3. The van der Waals surface area contributed by atoms with Crippen LogP contribution in [-0.4, -0.2) is 47.5 Å². The van der Waals surface area contributed by atoms with Crippen molar-refractivity contribution in [2.75, 3.05) is 6.54 Å². The molecule has 2 N–H and O–H groups in total. The summed E-state index contributed by atoms with van der Waals surface area (Å²) in [6, 6.07) is 33.5. The van der Waals surface area contributed by atoms with E-state index < -0.39 is 15.9 Å². The van der Waals surface area contributed by atoms with Gasteiger partial charge < -0.3 is 14.6 Å². The maximum absolute atomic E-state index is 13.0. The van der Waals surface area contributed by atoms with Crippen LogP contribution in [-0.2, 0) is 45.6 Å². The summed E-state index contributed by atoms with van der Waals surface area (Å²) in [4.78, 5) is 38.2. The van der Waals surface area contributed by atoms with Crippen molar-refractivity contribution < 1.29 is 22.7 Å². The lowest BCUT2D eigenvalue weighted by atomic mass is 10.1. The number of nitrogens with one attached hydrogen (secondary N) is 2. The van der Waals surface area contributed by atoms with E-state index in [0.717, 1.165) is 40.0 Å². The molecule has 3 aromatic heterocycles. The Bertz CT molecular complexity index is 2290. The molecule has 6 rings (SSSR count). The van der Waals surface area contributed by atoms with E-state index in [1.54, 1.807) is 23.2 Å². The highest BCUT2D eigenvalue weighted by Crippen LogP contribution is 2.28. The third-order valence-electron chi connectivity index (χ3n) is 7.95. The normalized spacial score (nSPS) is 11.6. The molecule has 0 aliphatic carbocycles. The highest BCUT2D eigenvalue weighted by Gasteiger charge is 2.17. The van der Waals surface area contributed by atoms with E-state index in [2.05, 4.69) is 25.0 Å². The summed E-state index contributed by atoms with van der Waals surface area (Å²) in [5.74, 6) is -0.113. The summed E-state index contributed by atoms with van der Waals surface area (Å²) in [5.41, 5.74) is 4.30. The first-order chi connectivity index (χ1) is 25.3. The molecule has 3 aromatic carbocycles. The van der Waals surface area contributed by atoms with Crippen molar-refractivity contribution in [3.05, 3.63) is 156 Å². The first kappa shape index (κ1) is 35.4. The number of hydrogen-bond donors (Lipinski definition) is 2. The molecule has 0 bridgehead atoms. The Hall–Kier alpha value is -6.40. The molecule has 262 valence electrons. The van der Waals surface area contributed by atoms with Crippen molar-refractivity contribution in [2.24, 2.45) is 4.99 Å². The summed E-state index contributed by atoms with van der Waals surface area (Å²) >= 11 is 0. The lowest BCUT2D eigenvalue weighted by Crippen LogP contribution is -2.29. The van der Waals surface area contributed by atoms with Crippen LogP contribution in [0.15, 0.2) is 144 Å². The molecule has 0 atom stereocenters. The quantitative estimate of drug-likeness (QED) is 0.101. The predicted molar refractivity (Wildman–Crippen MR) is 201 cm³/mol. The van der Waals surface area contributed by atoms with E-state index in [0.29, 0.717) is 43.1 Å². The van der Waals surface area contributed by atoms with E-state index in [9.17, 15) is 18.0 Å². The average Bonchev–Trinajstić information content (AvgIpc) is 3.50. The second-order valence-corrected chi connectivity index (χ2v) is 13.4. The largest absolute Gasteiger partial charge is 0.489 e. The Kier molecular flexibility index (Phi) is 11.6. The van der Waals surface area contributed by atoms with Crippen molar-refractivity contribution in [3.63, 3.8) is 0 Å². The molecule has 0 aliphatic rings. The molecule has 11 nitrogen and oxygen atoms in total. The van der Waals surface area contributed by atoms with Crippen LogP contribution in [0, 0.1) is 0 Å². The van der Waals surface area contributed by atoms with Gasteiger partial charge in [0.05, 0.1) is 0 Å². The lowest BCUT2D eigenvalue weighted by molar-refractivity contribution is -0.121. The van der Waals surface area contributed by atoms with Crippen molar-refractivity contribution in [2.45, 2.75) is 30.9 Å². The number of aliphatic imine (C=N–C) groups is 1.